The van der Waals surface area contributed by atoms with E-state index in [1.165, 1.54) is 11.1 Å². The van der Waals surface area contributed by atoms with Crippen molar-refractivity contribution in [2.45, 2.75) is 37.6 Å². The first-order chi connectivity index (χ1) is 10.9. The molecule has 1 N–H and O–H groups in total. The molecule has 0 amide bonds. The highest BCUT2D eigenvalue weighted by Crippen LogP contribution is 2.26. The molecule has 0 spiro atoms. The van der Waals surface area contributed by atoms with Gasteiger partial charge in [-0.1, -0.05) is 24.3 Å². The van der Waals surface area contributed by atoms with Gasteiger partial charge in [0.05, 0.1) is 12.5 Å². The van der Waals surface area contributed by atoms with Gasteiger partial charge in [-0.3, -0.25) is 9.80 Å². The topological polar surface area (TPSA) is 26.7 Å². The molecule has 0 aromatic heterocycles. The molecule has 0 radical (unpaired) electrons. The molecule has 1 fully saturated rings. The number of fused-ring (bicyclic) bond motifs is 1. The standard InChI is InChI=1S/C17H23F3N2O/c18-17(19,20)5-6-21-7-8-22(12-16(23)11-21)15-9-13-3-1-2-4-14(13)10-15/h1-4,15-16,23H,5-12H2/t16-/m1/s1. The summed E-state index contributed by atoms with van der Waals surface area (Å²) in [6.45, 7) is 2.14. The van der Waals surface area contributed by atoms with Crippen LogP contribution in [0.1, 0.15) is 17.5 Å². The second kappa shape index (κ2) is 6.79. The average Bonchev–Trinajstić information content (AvgIpc) is 2.82. The van der Waals surface area contributed by atoms with Crippen LogP contribution in [0.4, 0.5) is 13.2 Å². The van der Waals surface area contributed by atoms with Crippen LogP contribution in [-0.2, 0) is 12.8 Å². The Balaban J connectivity index is 1.57. The second-order valence-electron chi connectivity index (χ2n) is 6.65. The van der Waals surface area contributed by atoms with Crippen molar-refractivity contribution in [1.82, 2.24) is 9.80 Å². The minimum Gasteiger partial charge on any atom is -0.390 e. The van der Waals surface area contributed by atoms with Crippen molar-refractivity contribution in [3.8, 4) is 0 Å². The third kappa shape index (κ3) is 4.46. The van der Waals surface area contributed by atoms with Gasteiger partial charge in [0, 0.05) is 38.8 Å². The Kier molecular flexibility index (Phi) is 4.94. The predicted octanol–water partition coefficient (Wildman–Crippen LogP) is 2.08. The summed E-state index contributed by atoms with van der Waals surface area (Å²) >= 11 is 0. The van der Waals surface area contributed by atoms with Crippen LogP contribution < -0.4 is 0 Å². The van der Waals surface area contributed by atoms with E-state index in [0.29, 0.717) is 32.2 Å². The Morgan fingerprint density at radius 1 is 1.04 bits per heavy atom. The van der Waals surface area contributed by atoms with Crippen molar-refractivity contribution >= 4 is 0 Å². The maximum absolute atomic E-state index is 12.4. The Labute approximate surface area is 134 Å². The number of alkyl halides is 3. The number of hydrogen-bond donors (Lipinski definition) is 1. The minimum absolute atomic E-state index is 0.0285. The molecule has 0 bridgehead atoms. The molecule has 2 aliphatic rings. The van der Waals surface area contributed by atoms with Gasteiger partial charge in [0.1, 0.15) is 0 Å². The van der Waals surface area contributed by atoms with Crippen molar-refractivity contribution < 1.29 is 18.3 Å². The van der Waals surface area contributed by atoms with E-state index in [0.717, 1.165) is 12.8 Å². The lowest BCUT2D eigenvalue weighted by atomic mass is 10.1. The van der Waals surface area contributed by atoms with Crippen molar-refractivity contribution in [2.75, 3.05) is 32.7 Å². The minimum atomic E-state index is -4.13. The number of aliphatic hydroxyl groups is 1. The van der Waals surface area contributed by atoms with Crippen molar-refractivity contribution in [3.63, 3.8) is 0 Å². The van der Waals surface area contributed by atoms with E-state index in [2.05, 4.69) is 17.0 Å². The van der Waals surface area contributed by atoms with E-state index in [9.17, 15) is 18.3 Å². The average molecular weight is 328 g/mol. The molecular weight excluding hydrogens is 305 g/mol. The molecule has 1 aliphatic carbocycles. The highest BCUT2D eigenvalue weighted by molar-refractivity contribution is 5.33. The summed E-state index contributed by atoms with van der Waals surface area (Å²) in [5, 5.41) is 10.2. The van der Waals surface area contributed by atoms with Gasteiger partial charge in [0.15, 0.2) is 0 Å². The summed E-state index contributed by atoms with van der Waals surface area (Å²) < 4.78 is 37.2. The zero-order chi connectivity index (χ0) is 16.4. The number of aliphatic hydroxyl groups excluding tert-OH is 1. The molecule has 0 unspecified atom stereocenters. The van der Waals surface area contributed by atoms with E-state index >= 15 is 0 Å². The van der Waals surface area contributed by atoms with Gasteiger partial charge >= 0.3 is 6.18 Å². The van der Waals surface area contributed by atoms with E-state index in [4.69, 9.17) is 0 Å². The predicted molar refractivity (Wildman–Crippen MR) is 82.3 cm³/mol. The number of hydrogen-bond acceptors (Lipinski definition) is 3. The van der Waals surface area contributed by atoms with Crippen LogP contribution in [0.5, 0.6) is 0 Å². The summed E-state index contributed by atoms with van der Waals surface area (Å²) in [6, 6.07) is 8.71. The molecule has 1 heterocycles. The highest BCUT2D eigenvalue weighted by Gasteiger charge is 2.32. The SMILES string of the molecule is O[C@@H]1CN(CCC(F)(F)F)CCN(C2Cc3ccccc3C2)C1. The Hall–Kier alpha value is -1.11. The summed E-state index contributed by atoms with van der Waals surface area (Å²) in [7, 11) is 0. The van der Waals surface area contributed by atoms with E-state index in [1.807, 2.05) is 12.1 Å². The lowest BCUT2D eigenvalue weighted by Crippen LogP contribution is -2.41. The van der Waals surface area contributed by atoms with E-state index < -0.39 is 18.7 Å². The van der Waals surface area contributed by atoms with Gasteiger partial charge in [0.2, 0.25) is 0 Å². The fourth-order valence-corrected chi connectivity index (χ4v) is 3.69. The monoisotopic (exact) mass is 328 g/mol. The van der Waals surface area contributed by atoms with Gasteiger partial charge in [-0.25, -0.2) is 0 Å². The first kappa shape index (κ1) is 16.7. The third-order valence-corrected chi connectivity index (χ3v) is 4.88. The third-order valence-electron chi connectivity index (χ3n) is 4.88. The first-order valence-electron chi connectivity index (χ1n) is 8.19. The van der Waals surface area contributed by atoms with Crippen LogP contribution in [0, 0.1) is 0 Å². The Morgan fingerprint density at radius 3 is 2.30 bits per heavy atom. The molecule has 23 heavy (non-hydrogen) atoms. The van der Waals surface area contributed by atoms with Gasteiger partial charge in [0.25, 0.3) is 0 Å². The normalized spacial score (nSPS) is 24.6. The van der Waals surface area contributed by atoms with Crippen molar-refractivity contribution in [3.05, 3.63) is 35.4 Å². The summed E-state index contributed by atoms with van der Waals surface area (Å²) in [5.74, 6) is 0. The molecule has 1 aliphatic heterocycles. The maximum atomic E-state index is 12.4. The highest BCUT2D eigenvalue weighted by atomic mass is 19.4. The summed E-state index contributed by atoms with van der Waals surface area (Å²) in [5.41, 5.74) is 2.70. The van der Waals surface area contributed by atoms with E-state index in [1.54, 1.807) is 4.90 Å². The summed E-state index contributed by atoms with van der Waals surface area (Å²) in [4.78, 5) is 3.98. The molecule has 1 aromatic carbocycles. The number of rotatable bonds is 3. The molecule has 3 rings (SSSR count). The van der Waals surface area contributed by atoms with E-state index in [-0.39, 0.29) is 6.54 Å². The van der Waals surface area contributed by atoms with Gasteiger partial charge in [-0.05, 0) is 24.0 Å². The maximum Gasteiger partial charge on any atom is 0.390 e. The fraction of sp³-hybridized carbons (Fsp3) is 0.647. The molecule has 3 nitrogen and oxygen atoms in total. The molecule has 1 aromatic rings. The number of nitrogens with zero attached hydrogens (tertiary/aromatic N) is 2. The molecule has 0 saturated carbocycles. The van der Waals surface area contributed by atoms with Crippen LogP contribution in [0.2, 0.25) is 0 Å². The van der Waals surface area contributed by atoms with Crippen LogP contribution >= 0.6 is 0 Å². The molecule has 1 saturated heterocycles. The quantitative estimate of drug-likeness (QED) is 0.920. The van der Waals surface area contributed by atoms with Crippen molar-refractivity contribution in [1.29, 1.82) is 0 Å². The lowest BCUT2D eigenvalue weighted by molar-refractivity contribution is -0.138. The van der Waals surface area contributed by atoms with Gasteiger partial charge < -0.3 is 5.11 Å². The number of β-amino-alcohol motifs (C(OH)–C–C–N with tert-alkyl or cyclic N) is 1. The van der Waals surface area contributed by atoms with Crippen LogP contribution in [0.15, 0.2) is 24.3 Å². The van der Waals surface area contributed by atoms with Crippen molar-refractivity contribution in [2.24, 2.45) is 0 Å². The second-order valence-corrected chi connectivity index (χ2v) is 6.65. The Morgan fingerprint density at radius 2 is 1.70 bits per heavy atom. The smallest absolute Gasteiger partial charge is 0.390 e. The molecule has 1 atom stereocenters. The number of benzene rings is 1. The zero-order valence-corrected chi connectivity index (χ0v) is 13.1. The van der Waals surface area contributed by atoms with Gasteiger partial charge in [-0.2, -0.15) is 13.2 Å². The Bertz CT molecular complexity index is 510. The van der Waals surface area contributed by atoms with Crippen LogP contribution in [0.3, 0.4) is 0 Å². The zero-order valence-electron chi connectivity index (χ0n) is 13.1. The molecular formula is C17H23F3N2O. The largest absolute Gasteiger partial charge is 0.390 e. The lowest BCUT2D eigenvalue weighted by Gasteiger charge is -2.28. The van der Waals surface area contributed by atoms with Gasteiger partial charge in [-0.15, -0.1) is 0 Å². The molecule has 6 heteroatoms. The van der Waals surface area contributed by atoms with Crippen LogP contribution in [0.25, 0.3) is 0 Å². The first-order valence-corrected chi connectivity index (χ1v) is 8.19. The number of halogens is 3. The summed E-state index contributed by atoms with van der Waals surface area (Å²) in [6.07, 6.45) is -3.61. The van der Waals surface area contributed by atoms with Crippen LogP contribution in [-0.4, -0.2) is 66.0 Å². The molecule has 128 valence electrons. The fourth-order valence-electron chi connectivity index (χ4n) is 3.69.